The van der Waals surface area contributed by atoms with E-state index in [1.165, 1.54) is 24.8 Å². The Labute approximate surface area is 117 Å². The van der Waals surface area contributed by atoms with E-state index in [2.05, 4.69) is 37.4 Å². The molecule has 0 spiro atoms. The molecule has 2 rings (SSSR count). The third-order valence-electron chi connectivity index (χ3n) is 4.24. The summed E-state index contributed by atoms with van der Waals surface area (Å²) < 4.78 is 5.62. The Bertz CT molecular complexity index is 398. The van der Waals surface area contributed by atoms with E-state index in [0.717, 1.165) is 19.4 Å². The number of likely N-dealkylation sites (N-methyl/N-ethyl adjacent to an activating group) is 1. The minimum absolute atomic E-state index is 0.299. The van der Waals surface area contributed by atoms with Crippen LogP contribution in [0.3, 0.4) is 0 Å². The highest BCUT2D eigenvalue weighted by Crippen LogP contribution is 2.23. The van der Waals surface area contributed by atoms with Gasteiger partial charge in [-0.3, -0.25) is 0 Å². The molecule has 0 aromatic heterocycles. The molecule has 0 aliphatic heterocycles. The molecule has 2 heteroatoms. The van der Waals surface area contributed by atoms with Crippen LogP contribution in [0, 0.1) is 0 Å². The molecule has 0 saturated carbocycles. The zero-order valence-electron chi connectivity index (χ0n) is 12.5. The summed E-state index contributed by atoms with van der Waals surface area (Å²) in [6.07, 6.45) is 6.27. The average Bonchev–Trinajstić information content (AvgIpc) is 2.87. The van der Waals surface area contributed by atoms with Gasteiger partial charge in [0, 0.05) is 13.2 Å². The van der Waals surface area contributed by atoms with Gasteiger partial charge < -0.3 is 10.1 Å². The van der Waals surface area contributed by atoms with Crippen LogP contribution in [0.4, 0.5) is 0 Å². The number of rotatable bonds is 7. The summed E-state index contributed by atoms with van der Waals surface area (Å²) in [5.41, 5.74) is 4.57. The summed E-state index contributed by atoms with van der Waals surface area (Å²) in [6.45, 7) is 5.36. The summed E-state index contributed by atoms with van der Waals surface area (Å²) in [4.78, 5) is 0. The fraction of sp³-hybridized carbons (Fsp3) is 0.647. The van der Waals surface area contributed by atoms with Gasteiger partial charge in [0.05, 0.1) is 6.10 Å². The smallest absolute Gasteiger partial charge is 0.0724 e. The first-order valence-corrected chi connectivity index (χ1v) is 7.65. The normalized spacial score (nSPS) is 17.2. The van der Waals surface area contributed by atoms with Crippen LogP contribution in [0.25, 0.3) is 0 Å². The van der Waals surface area contributed by atoms with Gasteiger partial charge in [0.2, 0.25) is 0 Å². The van der Waals surface area contributed by atoms with Crippen molar-refractivity contribution in [1.82, 2.24) is 5.32 Å². The highest BCUT2D eigenvalue weighted by atomic mass is 16.5. The van der Waals surface area contributed by atoms with Crippen LogP contribution in [0.1, 0.15) is 43.4 Å². The highest BCUT2D eigenvalue weighted by Gasteiger charge is 2.20. The molecule has 106 valence electrons. The van der Waals surface area contributed by atoms with E-state index < -0.39 is 0 Å². The van der Waals surface area contributed by atoms with E-state index in [4.69, 9.17) is 4.74 Å². The maximum absolute atomic E-state index is 5.62. The maximum Gasteiger partial charge on any atom is 0.0724 e. The Kier molecular flexibility index (Phi) is 5.41. The van der Waals surface area contributed by atoms with Crippen molar-refractivity contribution in [2.75, 3.05) is 13.7 Å². The summed E-state index contributed by atoms with van der Waals surface area (Å²) in [5.74, 6) is 0. The number of benzene rings is 1. The molecule has 0 radical (unpaired) electrons. The largest absolute Gasteiger partial charge is 0.380 e. The predicted molar refractivity (Wildman–Crippen MR) is 80.7 cm³/mol. The van der Waals surface area contributed by atoms with Crippen LogP contribution in [0.2, 0.25) is 0 Å². The average molecular weight is 261 g/mol. The van der Waals surface area contributed by atoms with Crippen molar-refractivity contribution in [1.29, 1.82) is 0 Å². The summed E-state index contributed by atoms with van der Waals surface area (Å²) in [6, 6.07) is 7.46. The number of hydrogen-bond acceptors (Lipinski definition) is 2. The second-order valence-corrected chi connectivity index (χ2v) is 5.51. The second-order valence-electron chi connectivity index (χ2n) is 5.51. The monoisotopic (exact) mass is 261 g/mol. The Balaban J connectivity index is 2.08. The van der Waals surface area contributed by atoms with E-state index in [-0.39, 0.29) is 0 Å². The van der Waals surface area contributed by atoms with Crippen molar-refractivity contribution < 1.29 is 4.74 Å². The number of methoxy groups -OCH3 is 1. The maximum atomic E-state index is 5.62. The molecule has 0 amide bonds. The van der Waals surface area contributed by atoms with Crippen molar-refractivity contribution in [3.05, 3.63) is 34.9 Å². The molecule has 0 fully saturated rings. The molecule has 2 unspecified atom stereocenters. The lowest BCUT2D eigenvalue weighted by molar-refractivity contribution is 0.0658. The third kappa shape index (κ3) is 3.58. The lowest BCUT2D eigenvalue weighted by Crippen LogP contribution is -2.42. The van der Waals surface area contributed by atoms with Gasteiger partial charge in [0.15, 0.2) is 0 Å². The number of fused-ring (bicyclic) bond motifs is 1. The van der Waals surface area contributed by atoms with E-state index in [1.54, 1.807) is 11.1 Å². The molecular formula is C17H27NO. The quantitative estimate of drug-likeness (QED) is 0.814. The molecule has 2 atom stereocenters. The minimum Gasteiger partial charge on any atom is -0.380 e. The summed E-state index contributed by atoms with van der Waals surface area (Å²) >= 11 is 0. The molecule has 0 saturated heterocycles. The van der Waals surface area contributed by atoms with Crippen LogP contribution in [-0.2, 0) is 24.0 Å². The van der Waals surface area contributed by atoms with Crippen molar-refractivity contribution in [2.24, 2.45) is 0 Å². The zero-order chi connectivity index (χ0) is 13.7. The Morgan fingerprint density at radius 2 is 2.00 bits per heavy atom. The fourth-order valence-electron chi connectivity index (χ4n) is 3.22. The van der Waals surface area contributed by atoms with Crippen LogP contribution in [-0.4, -0.2) is 25.8 Å². The van der Waals surface area contributed by atoms with Gasteiger partial charge in [0.1, 0.15) is 0 Å². The molecule has 2 nitrogen and oxygen atoms in total. The molecule has 0 bridgehead atoms. The van der Waals surface area contributed by atoms with E-state index in [1.807, 2.05) is 7.11 Å². The molecule has 1 aromatic rings. The van der Waals surface area contributed by atoms with Crippen LogP contribution >= 0.6 is 0 Å². The molecule has 1 aromatic carbocycles. The Morgan fingerprint density at radius 3 is 2.68 bits per heavy atom. The van der Waals surface area contributed by atoms with Gasteiger partial charge in [-0.1, -0.05) is 32.0 Å². The molecular weight excluding hydrogens is 234 g/mol. The van der Waals surface area contributed by atoms with E-state index in [9.17, 15) is 0 Å². The zero-order valence-corrected chi connectivity index (χ0v) is 12.5. The summed E-state index contributed by atoms with van der Waals surface area (Å²) in [7, 11) is 1.82. The van der Waals surface area contributed by atoms with Gasteiger partial charge >= 0.3 is 0 Å². The first-order valence-electron chi connectivity index (χ1n) is 7.65. The molecule has 1 aliphatic rings. The lowest BCUT2D eigenvalue weighted by atomic mass is 9.97. The number of aryl methyl sites for hydroxylation is 2. The van der Waals surface area contributed by atoms with E-state index in [0.29, 0.717) is 12.1 Å². The van der Waals surface area contributed by atoms with Gasteiger partial charge in [-0.2, -0.15) is 0 Å². The van der Waals surface area contributed by atoms with Crippen molar-refractivity contribution >= 4 is 0 Å². The second kappa shape index (κ2) is 7.06. The molecule has 1 N–H and O–H groups in total. The van der Waals surface area contributed by atoms with Gasteiger partial charge in [-0.05, 0) is 55.3 Å². The fourth-order valence-corrected chi connectivity index (χ4v) is 3.22. The third-order valence-corrected chi connectivity index (χ3v) is 4.24. The SMILES string of the molecule is CCNC(Cc1ccc2c(c1)CCC2)C(CC)OC. The first-order chi connectivity index (χ1) is 9.28. The lowest BCUT2D eigenvalue weighted by Gasteiger charge is -2.26. The molecule has 0 heterocycles. The molecule has 1 aliphatic carbocycles. The van der Waals surface area contributed by atoms with Gasteiger partial charge in [-0.15, -0.1) is 0 Å². The number of ether oxygens (including phenoxy) is 1. The Hall–Kier alpha value is -0.860. The topological polar surface area (TPSA) is 21.3 Å². The molecule has 19 heavy (non-hydrogen) atoms. The van der Waals surface area contributed by atoms with Crippen molar-refractivity contribution in [2.45, 2.75) is 58.1 Å². The number of hydrogen-bond donors (Lipinski definition) is 1. The van der Waals surface area contributed by atoms with Crippen LogP contribution in [0.5, 0.6) is 0 Å². The standard InChI is InChI=1S/C17H27NO/c1-4-17(19-3)16(18-5-2)12-13-9-10-14-7-6-8-15(14)11-13/h9-11,16-18H,4-8,12H2,1-3H3. The summed E-state index contributed by atoms with van der Waals surface area (Å²) in [5, 5.41) is 3.58. The predicted octanol–water partition coefficient (Wildman–Crippen LogP) is 3.12. The van der Waals surface area contributed by atoms with Crippen LogP contribution < -0.4 is 5.32 Å². The van der Waals surface area contributed by atoms with Crippen LogP contribution in [0.15, 0.2) is 18.2 Å². The van der Waals surface area contributed by atoms with Crippen molar-refractivity contribution in [3.8, 4) is 0 Å². The minimum atomic E-state index is 0.299. The van der Waals surface area contributed by atoms with Gasteiger partial charge in [-0.25, -0.2) is 0 Å². The van der Waals surface area contributed by atoms with Gasteiger partial charge in [0.25, 0.3) is 0 Å². The highest BCUT2D eigenvalue weighted by molar-refractivity contribution is 5.35. The van der Waals surface area contributed by atoms with E-state index >= 15 is 0 Å². The van der Waals surface area contributed by atoms with Crippen molar-refractivity contribution in [3.63, 3.8) is 0 Å². The number of nitrogens with one attached hydrogen (secondary N) is 1. The Morgan fingerprint density at radius 1 is 1.21 bits per heavy atom. The first kappa shape index (κ1) is 14.5.